The largest absolute Gasteiger partial charge is 0.268 e. The normalized spacial score (nSPS) is 11.4. The Bertz CT molecular complexity index is 1320. The van der Waals surface area contributed by atoms with Crippen LogP contribution in [0.3, 0.4) is 0 Å². The predicted molar refractivity (Wildman–Crippen MR) is 107 cm³/mol. The van der Waals surface area contributed by atoms with Gasteiger partial charge < -0.3 is 0 Å². The summed E-state index contributed by atoms with van der Waals surface area (Å²) in [5.74, 6) is 0. The van der Waals surface area contributed by atoms with Crippen molar-refractivity contribution in [1.82, 2.24) is 24.1 Å². The average molecular weight is 373 g/mol. The minimum atomic E-state index is -0.147. The third-order valence-corrected chi connectivity index (χ3v) is 5.38. The zero-order chi connectivity index (χ0) is 18.4. The van der Waals surface area contributed by atoms with Gasteiger partial charge in [-0.3, -0.25) is 9.36 Å². The van der Waals surface area contributed by atoms with Gasteiger partial charge in [-0.25, -0.2) is 14.5 Å². The Morgan fingerprint density at radius 3 is 2.70 bits per heavy atom. The van der Waals surface area contributed by atoms with E-state index < -0.39 is 0 Å². The van der Waals surface area contributed by atoms with Gasteiger partial charge in [0.1, 0.15) is 0 Å². The van der Waals surface area contributed by atoms with Crippen molar-refractivity contribution < 1.29 is 0 Å². The molecular weight excluding hydrogens is 358 g/mol. The van der Waals surface area contributed by atoms with E-state index in [1.807, 2.05) is 29.6 Å². The van der Waals surface area contributed by atoms with E-state index in [0.29, 0.717) is 10.5 Å². The molecule has 0 radical (unpaired) electrons. The van der Waals surface area contributed by atoms with E-state index in [9.17, 15) is 4.79 Å². The molecule has 5 rings (SSSR count). The highest BCUT2D eigenvalue weighted by Gasteiger charge is 2.17. The van der Waals surface area contributed by atoms with Crippen LogP contribution in [0, 0.1) is 0 Å². The number of aromatic nitrogens is 5. The predicted octanol–water partition coefficient (Wildman–Crippen LogP) is 3.72. The van der Waals surface area contributed by atoms with Gasteiger partial charge in [0.15, 0.2) is 10.8 Å². The molecule has 0 aliphatic carbocycles. The number of pyridine rings is 1. The lowest BCUT2D eigenvalue weighted by atomic mass is 10.0. The van der Waals surface area contributed by atoms with Crippen molar-refractivity contribution in [2.45, 2.75) is 13.3 Å². The van der Waals surface area contributed by atoms with Crippen LogP contribution in [0.25, 0.3) is 32.8 Å². The number of rotatable bonds is 3. The van der Waals surface area contributed by atoms with E-state index in [0.717, 1.165) is 34.4 Å². The SMILES string of the molecule is CCc1nn2c(ncc3c(=O)n(-c4nccs4)ccc32)c1-c1ccccc1. The molecule has 4 heterocycles. The van der Waals surface area contributed by atoms with E-state index in [-0.39, 0.29) is 5.56 Å². The summed E-state index contributed by atoms with van der Waals surface area (Å²) < 4.78 is 3.33. The highest BCUT2D eigenvalue weighted by molar-refractivity contribution is 7.12. The number of hydrogen-bond acceptors (Lipinski definition) is 5. The molecule has 132 valence electrons. The van der Waals surface area contributed by atoms with E-state index >= 15 is 0 Å². The molecule has 5 aromatic rings. The fourth-order valence-corrected chi connectivity index (χ4v) is 3.97. The van der Waals surface area contributed by atoms with Crippen LogP contribution >= 0.6 is 11.3 Å². The minimum Gasteiger partial charge on any atom is -0.268 e. The van der Waals surface area contributed by atoms with Crippen molar-refractivity contribution >= 4 is 27.9 Å². The Kier molecular flexibility index (Phi) is 3.61. The molecular formula is C20H15N5OS. The van der Waals surface area contributed by atoms with E-state index in [1.54, 1.807) is 27.7 Å². The number of benzene rings is 1. The quantitative estimate of drug-likeness (QED) is 0.483. The van der Waals surface area contributed by atoms with Gasteiger partial charge in [0.25, 0.3) is 5.56 Å². The lowest BCUT2D eigenvalue weighted by Gasteiger charge is -2.05. The molecule has 1 aromatic carbocycles. The maximum atomic E-state index is 13.0. The highest BCUT2D eigenvalue weighted by atomic mass is 32.1. The zero-order valence-electron chi connectivity index (χ0n) is 14.5. The van der Waals surface area contributed by atoms with Gasteiger partial charge in [0.2, 0.25) is 0 Å². The molecule has 0 aliphatic rings. The summed E-state index contributed by atoms with van der Waals surface area (Å²) in [6.45, 7) is 2.08. The van der Waals surface area contributed by atoms with Crippen molar-refractivity contribution in [3.63, 3.8) is 0 Å². The smallest absolute Gasteiger partial charge is 0.267 e. The van der Waals surface area contributed by atoms with E-state index in [2.05, 4.69) is 29.0 Å². The summed E-state index contributed by atoms with van der Waals surface area (Å²) in [7, 11) is 0. The number of fused-ring (bicyclic) bond motifs is 3. The number of hydrogen-bond donors (Lipinski definition) is 0. The van der Waals surface area contributed by atoms with Crippen LogP contribution in [0.1, 0.15) is 12.6 Å². The van der Waals surface area contributed by atoms with Crippen LogP contribution < -0.4 is 5.56 Å². The van der Waals surface area contributed by atoms with Gasteiger partial charge in [-0.15, -0.1) is 11.3 Å². The highest BCUT2D eigenvalue weighted by Crippen LogP contribution is 2.29. The van der Waals surface area contributed by atoms with Crippen LogP contribution in [-0.2, 0) is 6.42 Å². The first kappa shape index (κ1) is 15.9. The Balaban J connectivity index is 1.83. The Hall–Kier alpha value is -3.32. The Morgan fingerprint density at radius 1 is 1.11 bits per heavy atom. The molecule has 0 saturated heterocycles. The Morgan fingerprint density at radius 2 is 1.96 bits per heavy atom. The third-order valence-electron chi connectivity index (χ3n) is 4.61. The summed E-state index contributed by atoms with van der Waals surface area (Å²) >= 11 is 1.42. The average Bonchev–Trinajstić information content (AvgIpc) is 3.36. The van der Waals surface area contributed by atoms with Crippen LogP contribution in [-0.4, -0.2) is 24.1 Å². The summed E-state index contributed by atoms with van der Waals surface area (Å²) in [6, 6.07) is 12.0. The van der Waals surface area contributed by atoms with Gasteiger partial charge in [-0.1, -0.05) is 37.3 Å². The van der Waals surface area contributed by atoms with Gasteiger partial charge in [-0.2, -0.15) is 5.10 Å². The van der Waals surface area contributed by atoms with Crippen molar-refractivity contribution in [2.24, 2.45) is 0 Å². The molecule has 0 unspecified atom stereocenters. The van der Waals surface area contributed by atoms with Gasteiger partial charge in [0.05, 0.1) is 16.6 Å². The lowest BCUT2D eigenvalue weighted by molar-refractivity contribution is 0.908. The molecule has 0 saturated carbocycles. The molecule has 0 atom stereocenters. The molecule has 0 amide bonds. The third kappa shape index (κ3) is 2.39. The second-order valence-electron chi connectivity index (χ2n) is 6.14. The fourth-order valence-electron chi connectivity index (χ4n) is 3.35. The summed E-state index contributed by atoms with van der Waals surface area (Å²) in [6.07, 6.45) is 5.86. The number of aryl methyl sites for hydroxylation is 1. The van der Waals surface area contributed by atoms with E-state index in [1.165, 1.54) is 11.3 Å². The summed E-state index contributed by atoms with van der Waals surface area (Å²) in [5, 5.41) is 7.77. The first-order valence-corrected chi connectivity index (χ1v) is 9.53. The molecule has 0 aliphatic heterocycles. The van der Waals surface area contributed by atoms with Crippen molar-refractivity contribution in [3.05, 3.63) is 76.4 Å². The molecule has 0 bridgehead atoms. The van der Waals surface area contributed by atoms with Gasteiger partial charge in [0, 0.05) is 29.5 Å². The second kappa shape index (κ2) is 6.14. The second-order valence-corrected chi connectivity index (χ2v) is 7.01. The van der Waals surface area contributed by atoms with Crippen molar-refractivity contribution in [3.8, 4) is 16.3 Å². The van der Waals surface area contributed by atoms with E-state index in [4.69, 9.17) is 5.10 Å². The van der Waals surface area contributed by atoms with Gasteiger partial charge >= 0.3 is 0 Å². The standard InChI is InChI=1S/C20H15N5OS/c1-2-15-17(13-6-4-3-5-7-13)18-22-12-14-16(25(18)23-15)8-10-24(19(14)26)20-21-9-11-27-20/h3-12H,2H2,1H3. The maximum absolute atomic E-state index is 13.0. The molecule has 6 nitrogen and oxygen atoms in total. The van der Waals surface area contributed by atoms with Crippen molar-refractivity contribution in [2.75, 3.05) is 0 Å². The topological polar surface area (TPSA) is 65.1 Å². The van der Waals surface area contributed by atoms with Crippen molar-refractivity contribution in [1.29, 1.82) is 0 Å². The van der Waals surface area contributed by atoms with Crippen LogP contribution in [0.5, 0.6) is 0 Å². The molecule has 27 heavy (non-hydrogen) atoms. The monoisotopic (exact) mass is 373 g/mol. The van der Waals surface area contributed by atoms with Gasteiger partial charge in [-0.05, 0) is 18.1 Å². The van der Waals surface area contributed by atoms with Crippen LogP contribution in [0.2, 0.25) is 0 Å². The molecule has 0 fully saturated rings. The summed E-state index contributed by atoms with van der Waals surface area (Å²) in [4.78, 5) is 21.8. The van der Waals surface area contributed by atoms with Crippen LogP contribution in [0.4, 0.5) is 0 Å². The maximum Gasteiger partial charge on any atom is 0.267 e. The molecule has 7 heteroatoms. The minimum absolute atomic E-state index is 0.147. The number of thiazole rings is 1. The Labute approximate surface area is 158 Å². The molecule has 0 spiro atoms. The molecule has 0 N–H and O–H groups in total. The number of nitrogens with zero attached hydrogens (tertiary/aromatic N) is 5. The first-order valence-electron chi connectivity index (χ1n) is 8.65. The lowest BCUT2D eigenvalue weighted by Crippen LogP contribution is -2.18. The molecule has 4 aromatic heterocycles. The fraction of sp³-hybridized carbons (Fsp3) is 0.100. The first-order chi connectivity index (χ1) is 13.3. The van der Waals surface area contributed by atoms with Crippen LogP contribution in [0.15, 0.2) is 65.2 Å². The zero-order valence-corrected chi connectivity index (χ0v) is 15.3. The summed E-state index contributed by atoms with van der Waals surface area (Å²) in [5.41, 5.74) is 4.42.